The molecular weight excluding hydrogens is 324 g/mol. The van der Waals surface area contributed by atoms with E-state index in [0.717, 1.165) is 5.56 Å². The number of allylic oxidation sites excluding steroid dienone is 1. The zero-order valence-corrected chi connectivity index (χ0v) is 14.4. The van der Waals surface area contributed by atoms with Crippen molar-refractivity contribution in [2.45, 2.75) is 19.4 Å². The van der Waals surface area contributed by atoms with Crippen LogP contribution in [0.2, 0.25) is 0 Å². The molecule has 6 heteroatoms. The number of ether oxygens (including phenoxy) is 1. The molecule has 1 aromatic rings. The smallest absolute Gasteiger partial charge is 0.338 e. The van der Waals surface area contributed by atoms with Crippen LogP contribution >= 0.6 is 11.8 Å². The van der Waals surface area contributed by atoms with E-state index in [1.165, 1.54) is 18.9 Å². The highest BCUT2D eigenvalue weighted by Gasteiger charge is 2.39. The molecule has 0 aliphatic carbocycles. The Balaban J connectivity index is 2.03. The highest BCUT2D eigenvalue weighted by Crippen LogP contribution is 2.32. The van der Waals surface area contributed by atoms with Gasteiger partial charge in [-0.05, 0) is 12.5 Å². The fourth-order valence-corrected chi connectivity index (χ4v) is 3.78. The van der Waals surface area contributed by atoms with E-state index in [9.17, 15) is 9.59 Å². The Morgan fingerprint density at radius 2 is 2.12 bits per heavy atom. The number of amidine groups is 1. The van der Waals surface area contributed by atoms with Gasteiger partial charge in [0.05, 0.1) is 24.4 Å². The molecule has 2 aliphatic rings. The van der Waals surface area contributed by atoms with Crippen molar-refractivity contribution in [1.29, 1.82) is 0 Å². The molecule has 5 nitrogen and oxygen atoms in total. The molecule has 2 heterocycles. The second kappa shape index (κ2) is 7.05. The van der Waals surface area contributed by atoms with E-state index in [1.807, 2.05) is 42.5 Å². The fraction of sp³-hybridized carbons (Fsp3) is 0.278. The predicted octanol–water partition coefficient (Wildman–Crippen LogP) is 2.85. The third-order valence-corrected chi connectivity index (χ3v) is 4.88. The van der Waals surface area contributed by atoms with Crippen molar-refractivity contribution in [2.24, 2.45) is 4.99 Å². The predicted molar refractivity (Wildman–Crippen MR) is 95.3 cm³/mol. The van der Waals surface area contributed by atoms with Crippen molar-refractivity contribution in [3.63, 3.8) is 0 Å². The quantitative estimate of drug-likeness (QED) is 0.793. The summed E-state index contributed by atoms with van der Waals surface area (Å²) in [5.74, 6) is 0.231. The maximum atomic E-state index is 12.4. The van der Waals surface area contributed by atoms with Crippen molar-refractivity contribution in [2.75, 3.05) is 12.9 Å². The number of nitrogens with zero attached hydrogens (tertiary/aromatic N) is 2. The van der Waals surface area contributed by atoms with E-state index >= 15 is 0 Å². The van der Waals surface area contributed by atoms with Crippen LogP contribution in [0, 0.1) is 0 Å². The Bertz CT molecular complexity index is 753. The Morgan fingerprint density at radius 3 is 2.83 bits per heavy atom. The third kappa shape index (κ3) is 3.14. The summed E-state index contributed by atoms with van der Waals surface area (Å²) in [4.78, 5) is 30.7. The monoisotopic (exact) mass is 342 g/mol. The molecule has 0 saturated carbocycles. The van der Waals surface area contributed by atoms with Crippen molar-refractivity contribution < 1.29 is 14.3 Å². The molecule has 1 atom stereocenters. The zero-order valence-electron chi connectivity index (χ0n) is 13.6. The summed E-state index contributed by atoms with van der Waals surface area (Å²) < 4.78 is 4.91. The average molecular weight is 342 g/mol. The van der Waals surface area contributed by atoms with Crippen molar-refractivity contribution >= 4 is 34.9 Å². The number of esters is 1. The molecule has 0 unspecified atom stereocenters. The normalized spacial score (nSPS) is 20.9. The number of amides is 1. The maximum absolute atomic E-state index is 12.4. The Morgan fingerprint density at radius 1 is 1.38 bits per heavy atom. The Hall–Kier alpha value is -2.34. The lowest BCUT2D eigenvalue weighted by Crippen LogP contribution is -2.49. The first-order valence-corrected chi connectivity index (χ1v) is 8.66. The summed E-state index contributed by atoms with van der Waals surface area (Å²) in [6.07, 6.45) is 4.22. The second-order valence-corrected chi connectivity index (χ2v) is 6.52. The Kier molecular flexibility index (Phi) is 4.85. The summed E-state index contributed by atoms with van der Waals surface area (Å²) in [6, 6.07) is 9.27. The molecular formula is C18H18N2O3S. The molecule has 1 aromatic carbocycles. The molecule has 24 heavy (non-hydrogen) atoms. The van der Waals surface area contributed by atoms with Gasteiger partial charge in [0.15, 0.2) is 5.17 Å². The van der Waals surface area contributed by atoms with Crippen molar-refractivity contribution in [3.05, 3.63) is 53.2 Å². The molecule has 2 aliphatic heterocycles. The van der Waals surface area contributed by atoms with E-state index in [-0.39, 0.29) is 5.91 Å². The number of carbonyl (C=O) groups excluding carboxylic acids is 2. The van der Waals surface area contributed by atoms with Crippen LogP contribution in [-0.2, 0) is 14.3 Å². The molecule has 1 amide bonds. The van der Waals surface area contributed by atoms with Gasteiger partial charge in [0, 0.05) is 12.2 Å². The van der Waals surface area contributed by atoms with Gasteiger partial charge in [-0.3, -0.25) is 9.69 Å². The van der Waals surface area contributed by atoms with Crippen LogP contribution in [0.25, 0.3) is 6.08 Å². The number of fused-ring (bicyclic) bond motifs is 1. The maximum Gasteiger partial charge on any atom is 0.338 e. The van der Waals surface area contributed by atoms with E-state index in [4.69, 9.17) is 4.74 Å². The van der Waals surface area contributed by atoms with Crippen LogP contribution in [0.1, 0.15) is 18.9 Å². The number of benzene rings is 1. The van der Waals surface area contributed by atoms with E-state index in [2.05, 4.69) is 4.99 Å². The first kappa shape index (κ1) is 16.5. The minimum Gasteiger partial charge on any atom is -0.466 e. The molecule has 3 rings (SSSR count). The number of methoxy groups -OCH3 is 1. The molecule has 0 aromatic heterocycles. The lowest BCUT2D eigenvalue weighted by Gasteiger charge is -2.37. The largest absolute Gasteiger partial charge is 0.466 e. The summed E-state index contributed by atoms with van der Waals surface area (Å²) in [7, 11) is 1.34. The van der Waals surface area contributed by atoms with Gasteiger partial charge in [-0.1, -0.05) is 54.2 Å². The van der Waals surface area contributed by atoms with Gasteiger partial charge in [-0.15, -0.1) is 0 Å². The van der Waals surface area contributed by atoms with E-state index < -0.39 is 12.0 Å². The van der Waals surface area contributed by atoms with Crippen LogP contribution in [0.15, 0.2) is 52.7 Å². The van der Waals surface area contributed by atoms with Gasteiger partial charge in [-0.2, -0.15) is 0 Å². The highest BCUT2D eigenvalue weighted by molar-refractivity contribution is 8.14. The van der Waals surface area contributed by atoms with Crippen LogP contribution < -0.4 is 0 Å². The Labute approximate surface area is 145 Å². The van der Waals surface area contributed by atoms with Gasteiger partial charge < -0.3 is 4.74 Å². The highest BCUT2D eigenvalue weighted by atomic mass is 32.2. The van der Waals surface area contributed by atoms with Crippen molar-refractivity contribution in [3.8, 4) is 0 Å². The number of thioether (sulfide) groups is 1. The summed E-state index contributed by atoms with van der Waals surface area (Å²) in [5.41, 5.74) is 2.00. The van der Waals surface area contributed by atoms with Crippen LogP contribution in [0.5, 0.6) is 0 Å². The summed E-state index contributed by atoms with van der Waals surface area (Å²) in [6.45, 7) is 1.78. The molecule has 1 fully saturated rings. The molecule has 124 valence electrons. The summed E-state index contributed by atoms with van der Waals surface area (Å²) in [5, 5.41) is 0.652. The SMILES string of the molecule is COC(=O)C1=C(C)N=C2SCCC(=O)N2[C@H]1/C=C\c1ccccc1. The number of aliphatic imine (C=N–C) groups is 1. The number of hydrogen-bond donors (Lipinski definition) is 0. The van der Waals surface area contributed by atoms with Crippen LogP contribution in [0.4, 0.5) is 0 Å². The molecule has 0 radical (unpaired) electrons. The number of carbonyl (C=O) groups is 2. The standard InChI is InChI=1S/C18H18N2O3S/c1-12-16(17(22)23-2)14(9-8-13-6-4-3-5-7-13)20-15(21)10-11-24-18(20)19-12/h3-9,14H,10-11H2,1-2H3/b9-8-/t14-/m0/s1. The van der Waals surface area contributed by atoms with Crippen LogP contribution in [0.3, 0.4) is 0 Å². The first-order valence-electron chi connectivity index (χ1n) is 7.67. The van der Waals surface area contributed by atoms with Gasteiger partial charge in [0.25, 0.3) is 0 Å². The lowest BCUT2D eigenvalue weighted by molar-refractivity contribution is -0.137. The third-order valence-electron chi connectivity index (χ3n) is 3.92. The van der Waals surface area contributed by atoms with E-state index in [1.54, 1.807) is 11.8 Å². The van der Waals surface area contributed by atoms with Gasteiger partial charge in [0.2, 0.25) is 5.91 Å². The molecule has 0 spiro atoms. The van der Waals surface area contributed by atoms with Gasteiger partial charge in [0.1, 0.15) is 0 Å². The van der Waals surface area contributed by atoms with Gasteiger partial charge in [-0.25, -0.2) is 9.79 Å². The first-order chi connectivity index (χ1) is 11.6. The second-order valence-electron chi connectivity index (χ2n) is 5.46. The summed E-state index contributed by atoms with van der Waals surface area (Å²) >= 11 is 1.54. The average Bonchev–Trinajstić information content (AvgIpc) is 2.59. The van der Waals surface area contributed by atoms with Gasteiger partial charge >= 0.3 is 5.97 Å². The number of rotatable bonds is 3. The molecule has 1 saturated heterocycles. The van der Waals surface area contributed by atoms with Crippen LogP contribution in [-0.4, -0.2) is 40.8 Å². The molecule has 0 bridgehead atoms. The van der Waals surface area contributed by atoms with Crippen molar-refractivity contribution in [1.82, 2.24) is 4.90 Å². The lowest BCUT2D eigenvalue weighted by atomic mass is 10.00. The van der Waals surface area contributed by atoms with E-state index in [0.29, 0.717) is 28.6 Å². The minimum atomic E-state index is -0.495. The topological polar surface area (TPSA) is 59.0 Å². The zero-order chi connectivity index (χ0) is 17.1. The number of hydrogen-bond acceptors (Lipinski definition) is 5. The fourth-order valence-electron chi connectivity index (χ4n) is 2.76. The minimum absolute atomic E-state index is 0.0240. The molecule has 0 N–H and O–H groups in total.